The third-order valence-electron chi connectivity index (χ3n) is 6.03. The third-order valence-corrected chi connectivity index (χ3v) is 6.03. The number of aryl methyl sites for hydroxylation is 1. The minimum atomic E-state index is 0.430. The highest BCUT2D eigenvalue weighted by atomic mass is 15.2. The van der Waals surface area contributed by atoms with Crippen LogP contribution in [0.3, 0.4) is 0 Å². The molecule has 3 rings (SSSR count). The molecule has 0 aliphatic carbocycles. The lowest BCUT2D eigenvalue weighted by Gasteiger charge is -2.32. The molecule has 2 aromatic rings. The SMILES string of the molecule is Cc1cc(NCCN(C(C)C)C(C)C)nc(NC2CCN(Cc3ccccc3)CC2)n1. The Hall–Kier alpha value is -2.18. The molecule has 1 aliphatic rings. The number of anilines is 2. The Bertz CT molecular complexity index is 776. The number of likely N-dealkylation sites (tertiary alicyclic amines) is 1. The molecule has 0 radical (unpaired) electrons. The topological polar surface area (TPSA) is 56.3 Å². The van der Waals surface area contributed by atoms with Gasteiger partial charge in [-0.3, -0.25) is 9.80 Å². The molecule has 1 aromatic carbocycles. The number of benzene rings is 1. The van der Waals surface area contributed by atoms with Gasteiger partial charge in [-0.1, -0.05) is 30.3 Å². The van der Waals surface area contributed by atoms with E-state index in [1.54, 1.807) is 0 Å². The second-order valence-electron chi connectivity index (χ2n) is 9.25. The van der Waals surface area contributed by atoms with Gasteiger partial charge in [-0.05, 0) is 53.0 Å². The zero-order valence-corrected chi connectivity index (χ0v) is 19.9. The smallest absolute Gasteiger partial charge is 0.225 e. The van der Waals surface area contributed by atoms with E-state index < -0.39 is 0 Å². The van der Waals surface area contributed by atoms with E-state index in [0.29, 0.717) is 18.1 Å². The number of piperidine rings is 1. The molecule has 0 spiro atoms. The summed E-state index contributed by atoms with van der Waals surface area (Å²) in [4.78, 5) is 14.4. The maximum Gasteiger partial charge on any atom is 0.225 e. The van der Waals surface area contributed by atoms with Gasteiger partial charge in [-0.15, -0.1) is 0 Å². The van der Waals surface area contributed by atoms with E-state index in [2.05, 4.69) is 83.4 Å². The van der Waals surface area contributed by atoms with Gasteiger partial charge < -0.3 is 10.6 Å². The predicted octanol–water partition coefficient (Wildman–Crippen LogP) is 4.39. The molecule has 0 amide bonds. The quantitative estimate of drug-likeness (QED) is 0.590. The number of aromatic nitrogens is 2. The Balaban J connectivity index is 1.48. The Kier molecular flexibility index (Phi) is 8.67. The number of hydrogen-bond donors (Lipinski definition) is 2. The number of nitrogens with one attached hydrogen (secondary N) is 2. The van der Waals surface area contributed by atoms with Gasteiger partial charge in [0.15, 0.2) is 0 Å². The van der Waals surface area contributed by atoms with Gasteiger partial charge in [0.2, 0.25) is 5.95 Å². The maximum absolute atomic E-state index is 4.74. The lowest BCUT2D eigenvalue weighted by molar-refractivity contribution is 0.182. The third kappa shape index (κ3) is 7.47. The van der Waals surface area contributed by atoms with Crippen molar-refractivity contribution in [3.05, 3.63) is 47.7 Å². The summed E-state index contributed by atoms with van der Waals surface area (Å²) in [6, 6.07) is 14.3. The van der Waals surface area contributed by atoms with Gasteiger partial charge in [-0.25, -0.2) is 4.98 Å². The molecule has 170 valence electrons. The average molecular weight is 425 g/mol. The number of nitrogens with zero attached hydrogens (tertiary/aromatic N) is 4. The molecule has 31 heavy (non-hydrogen) atoms. The zero-order chi connectivity index (χ0) is 22.2. The Labute approximate surface area is 188 Å². The largest absolute Gasteiger partial charge is 0.369 e. The molecule has 2 heterocycles. The van der Waals surface area contributed by atoms with Crippen molar-refractivity contribution in [1.82, 2.24) is 19.8 Å². The summed E-state index contributed by atoms with van der Waals surface area (Å²) in [5, 5.41) is 7.08. The first-order valence-corrected chi connectivity index (χ1v) is 11.8. The molecule has 0 unspecified atom stereocenters. The first-order chi connectivity index (χ1) is 14.9. The lowest BCUT2D eigenvalue weighted by atomic mass is 10.0. The van der Waals surface area contributed by atoms with Crippen molar-refractivity contribution >= 4 is 11.8 Å². The van der Waals surface area contributed by atoms with Crippen molar-refractivity contribution in [3.63, 3.8) is 0 Å². The van der Waals surface area contributed by atoms with Gasteiger partial charge in [-0.2, -0.15) is 4.98 Å². The Morgan fingerprint density at radius 3 is 2.35 bits per heavy atom. The van der Waals surface area contributed by atoms with Crippen molar-refractivity contribution in [1.29, 1.82) is 0 Å². The van der Waals surface area contributed by atoms with E-state index in [9.17, 15) is 0 Å². The van der Waals surface area contributed by atoms with E-state index in [0.717, 1.165) is 63.0 Å². The maximum atomic E-state index is 4.74. The fraction of sp³-hybridized carbons (Fsp3) is 0.600. The van der Waals surface area contributed by atoms with Crippen molar-refractivity contribution in [2.45, 2.75) is 72.1 Å². The highest BCUT2D eigenvalue weighted by Crippen LogP contribution is 2.18. The molecule has 1 fully saturated rings. The van der Waals surface area contributed by atoms with Gasteiger partial charge in [0.25, 0.3) is 0 Å². The van der Waals surface area contributed by atoms with Crippen LogP contribution in [-0.2, 0) is 6.54 Å². The summed E-state index contributed by atoms with van der Waals surface area (Å²) >= 11 is 0. The van der Waals surface area contributed by atoms with Gasteiger partial charge in [0.1, 0.15) is 5.82 Å². The molecular weight excluding hydrogens is 384 g/mol. The predicted molar refractivity (Wildman–Crippen MR) is 131 cm³/mol. The normalized spacial score (nSPS) is 15.7. The molecular formula is C25H40N6. The van der Waals surface area contributed by atoms with Crippen molar-refractivity contribution in [3.8, 4) is 0 Å². The molecule has 1 saturated heterocycles. The molecule has 1 aliphatic heterocycles. The summed E-state index contributed by atoms with van der Waals surface area (Å²) in [7, 11) is 0. The summed E-state index contributed by atoms with van der Waals surface area (Å²) in [6.07, 6.45) is 2.23. The highest BCUT2D eigenvalue weighted by Gasteiger charge is 2.20. The van der Waals surface area contributed by atoms with Crippen LogP contribution in [-0.4, -0.2) is 64.1 Å². The van der Waals surface area contributed by atoms with E-state index in [4.69, 9.17) is 4.98 Å². The minimum absolute atomic E-state index is 0.430. The minimum Gasteiger partial charge on any atom is -0.369 e. The lowest BCUT2D eigenvalue weighted by Crippen LogP contribution is -2.40. The van der Waals surface area contributed by atoms with Crippen LogP contribution in [0, 0.1) is 6.92 Å². The fourth-order valence-corrected chi connectivity index (χ4v) is 4.41. The molecule has 2 N–H and O–H groups in total. The first-order valence-electron chi connectivity index (χ1n) is 11.8. The molecule has 6 heteroatoms. The Morgan fingerprint density at radius 1 is 1.03 bits per heavy atom. The van der Waals surface area contributed by atoms with Crippen LogP contribution in [0.2, 0.25) is 0 Å². The number of hydrogen-bond acceptors (Lipinski definition) is 6. The highest BCUT2D eigenvalue weighted by molar-refractivity contribution is 5.42. The summed E-state index contributed by atoms with van der Waals surface area (Å²) in [5.74, 6) is 1.65. The van der Waals surface area contributed by atoms with Crippen LogP contribution in [0.5, 0.6) is 0 Å². The van der Waals surface area contributed by atoms with Crippen LogP contribution < -0.4 is 10.6 Å². The monoisotopic (exact) mass is 424 g/mol. The van der Waals surface area contributed by atoms with Gasteiger partial charge >= 0.3 is 0 Å². The van der Waals surface area contributed by atoms with Gasteiger partial charge in [0, 0.05) is 62.6 Å². The molecule has 0 saturated carbocycles. The second-order valence-corrected chi connectivity index (χ2v) is 9.25. The van der Waals surface area contributed by atoms with Crippen molar-refractivity contribution in [2.24, 2.45) is 0 Å². The van der Waals surface area contributed by atoms with Crippen LogP contribution in [0.25, 0.3) is 0 Å². The van der Waals surface area contributed by atoms with E-state index in [-0.39, 0.29) is 0 Å². The molecule has 1 aromatic heterocycles. The van der Waals surface area contributed by atoms with Crippen LogP contribution in [0.1, 0.15) is 51.8 Å². The Morgan fingerprint density at radius 2 is 1.71 bits per heavy atom. The van der Waals surface area contributed by atoms with Gasteiger partial charge in [0.05, 0.1) is 0 Å². The van der Waals surface area contributed by atoms with E-state index in [1.807, 2.05) is 13.0 Å². The van der Waals surface area contributed by atoms with Crippen LogP contribution in [0.4, 0.5) is 11.8 Å². The first kappa shape index (κ1) is 23.5. The standard InChI is InChI=1S/C25H40N6/c1-19(2)31(20(3)4)16-13-26-24-17-21(5)27-25(29-24)28-23-11-14-30(15-12-23)18-22-9-7-6-8-10-22/h6-10,17,19-20,23H,11-16,18H2,1-5H3,(H2,26,27,28,29). The molecule has 0 bridgehead atoms. The summed E-state index contributed by atoms with van der Waals surface area (Å²) in [5.41, 5.74) is 2.38. The van der Waals surface area contributed by atoms with Crippen LogP contribution in [0.15, 0.2) is 36.4 Å². The zero-order valence-electron chi connectivity index (χ0n) is 19.9. The number of rotatable bonds is 10. The molecule has 0 atom stereocenters. The van der Waals surface area contributed by atoms with E-state index >= 15 is 0 Å². The summed E-state index contributed by atoms with van der Waals surface area (Å²) < 4.78 is 0. The average Bonchev–Trinajstić information content (AvgIpc) is 2.72. The molecule has 6 nitrogen and oxygen atoms in total. The van der Waals surface area contributed by atoms with Crippen molar-refractivity contribution < 1.29 is 0 Å². The second kappa shape index (κ2) is 11.4. The van der Waals surface area contributed by atoms with Crippen LogP contribution >= 0.6 is 0 Å². The fourth-order valence-electron chi connectivity index (χ4n) is 4.41. The van der Waals surface area contributed by atoms with E-state index in [1.165, 1.54) is 5.56 Å². The van der Waals surface area contributed by atoms with Crippen molar-refractivity contribution in [2.75, 3.05) is 36.8 Å². The summed E-state index contributed by atoms with van der Waals surface area (Å²) in [6.45, 7) is 16.2.